The summed E-state index contributed by atoms with van der Waals surface area (Å²) in [6.07, 6.45) is 58.5. The molecule has 690 valence electrons. The highest BCUT2D eigenvalue weighted by Gasteiger charge is 2.30. The van der Waals surface area contributed by atoms with Gasteiger partial charge in [-0.2, -0.15) is 0 Å². The first-order chi connectivity index (χ1) is 65.1. The second kappa shape index (κ2) is 48.3. The molecule has 0 saturated heterocycles. The molecule has 17 heterocycles. The lowest BCUT2D eigenvalue weighted by molar-refractivity contribution is 0.670. The highest BCUT2D eigenvalue weighted by Crippen LogP contribution is 2.56. The van der Waals surface area contributed by atoms with Gasteiger partial charge in [0, 0.05) is 164 Å². The van der Waals surface area contributed by atoms with E-state index in [9.17, 15) is 0 Å². The summed E-state index contributed by atoms with van der Waals surface area (Å²) in [6, 6.07) is 58.9. The molecule has 0 spiro atoms. The Bertz CT molecular complexity index is 5440. The minimum Gasteiger partial charge on any atom is -0.354 e. The van der Waals surface area contributed by atoms with Crippen LogP contribution in [0.4, 0.5) is 0 Å². The minimum absolute atomic E-state index is 0.956. The Hall–Kier alpha value is -7.00. The molecule has 0 aliphatic carbocycles. The number of unbranched alkanes of at least 4 members (excludes halogenated alkanes) is 24. The maximum atomic E-state index is 6.24. The fraction of sp³-hybridized carbons (Fsp3) is 0.414. The van der Waals surface area contributed by atoms with Crippen molar-refractivity contribution in [1.82, 2.24) is 19.9 Å². The monoisotopic (exact) mass is 1970 g/mol. The van der Waals surface area contributed by atoms with Crippen LogP contribution in [0.3, 0.4) is 0 Å². The Morgan fingerprint density at radius 2 is 0.356 bits per heavy atom. The number of H-pyrrole nitrogens is 2. The summed E-state index contributed by atoms with van der Waals surface area (Å²) in [5.41, 5.74) is 17.7. The highest BCUT2D eigenvalue weighted by molar-refractivity contribution is 7.27. The Morgan fingerprint density at radius 3 is 0.538 bits per heavy atom. The third-order valence-corrected chi connectivity index (χ3v) is 40.8. The first-order valence-corrected chi connectivity index (χ1v) is 60.3. The lowest BCUT2D eigenvalue weighted by atomic mass is 10.1. The van der Waals surface area contributed by atoms with Gasteiger partial charge in [-0.25, -0.2) is 9.97 Å². The Kier molecular flexibility index (Phi) is 35.4. The average molecular weight is 1970 g/mol. The van der Waals surface area contributed by atoms with Crippen molar-refractivity contribution in [2.45, 2.75) is 312 Å². The molecule has 0 unspecified atom stereocenters. The van der Waals surface area contributed by atoms with Crippen LogP contribution in [0.1, 0.15) is 323 Å². The topological polar surface area (TPSA) is 57.4 Å². The SMILES string of the molecule is CCCCCCc1ccc(-c2cc(-c3c4nc(c(-c5cc(-c6ccc(CCCCCC)s6)c(-c6ccc(CCCCCC)s6)s5)c5ccc([nH]5)c(-c5cc(-c6ccc(CCCCCC)s6)c(-c6ccc(CCCCCC)s6)s5)c5nc(c(-c6cc(-c7ccc(CCCCCC)s7)c(-c7ccc(CCCCCC)s7)s6)c6ccc3[nH]6)C=C5)C=C4)sc2-c2ccc(CCCCCC)s2)s1. The molecule has 0 amide bonds. The van der Waals surface area contributed by atoms with Gasteiger partial charge < -0.3 is 9.97 Å². The van der Waals surface area contributed by atoms with E-state index in [1.165, 1.54) is 345 Å². The number of nitrogens with zero attached hydrogens (tertiary/aromatic N) is 2. The largest absolute Gasteiger partial charge is 0.354 e. The van der Waals surface area contributed by atoms with Crippen molar-refractivity contribution < 1.29 is 0 Å². The van der Waals surface area contributed by atoms with E-state index in [1.807, 2.05) is 136 Å². The lowest BCUT2D eigenvalue weighted by Gasteiger charge is -2.04. The number of fused-ring (bicyclic) bond motifs is 8. The molecule has 2 N–H and O–H groups in total. The maximum Gasteiger partial charge on any atom is 0.0745 e. The van der Waals surface area contributed by atoms with E-state index in [-0.39, 0.29) is 0 Å². The number of rotatable bonds is 52. The molecule has 16 heteroatoms. The summed E-state index contributed by atoms with van der Waals surface area (Å²) in [6.45, 7) is 18.6. The van der Waals surface area contributed by atoms with Crippen LogP contribution in [0.25, 0.3) is 169 Å². The number of aromatic nitrogens is 4. The smallest absolute Gasteiger partial charge is 0.0745 e. The molecule has 2 aliphatic heterocycles. The fourth-order valence-electron chi connectivity index (χ4n) is 18.7. The van der Waals surface area contributed by atoms with Crippen LogP contribution < -0.4 is 0 Å². The average Bonchev–Trinajstić information content (AvgIpc) is 1.58. The van der Waals surface area contributed by atoms with E-state index in [0.29, 0.717) is 0 Å². The summed E-state index contributed by atoms with van der Waals surface area (Å²) >= 11 is 23.9. The van der Waals surface area contributed by atoms with E-state index in [0.717, 1.165) is 118 Å². The van der Waals surface area contributed by atoms with Crippen LogP contribution >= 0.6 is 136 Å². The summed E-state index contributed by atoms with van der Waals surface area (Å²) in [4.78, 5) is 54.0. The predicted octanol–water partition coefficient (Wildman–Crippen LogP) is 42.4. The number of thiophene rings is 12. The molecule has 0 atom stereocenters. The minimum atomic E-state index is 0.956. The van der Waals surface area contributed by atoms with Gasteiger partial charge in [-0.3, -0.25) is 0 Å². The molecule has 132 heavy (non-hydrogen) atoms. The molecular formula is C116H134N4S12. The van der Waals surface area contributed by atoms with Gasteiger partial charge >= 0.3 is 0 Å². The van der Waals surface area contributed by atoms with Crippen LogP contribution in [-0.2, 0) is 51.4 Å². The van der Waals surface area contributed by atoms with Gasteiger partial charge in [0.25, 0.3) is 0 Å². The molecule has 15 aromatic heterocycles. The van der Waals surface area contributed by atoms with E-state index >= 15 is 0 Å². The van der Waals surface area contributed by atoms with Crippen molar-refractivity contribution in [1.29, 1.82) is 0 Å². The number of hydrogen-bond donors (Lipinski definition) is 2. The van der Waals surface area contributed by atoms with Crippen molar-refractivity contribution in [3.8, 4) is 123 Å². The molecule has 0 aromatic carbocycles. The maximum absolute atomic E-state index is 6.24. The summed E-state index contributed by atoms with van der Waals surface area (Å²) < 4.78 is 0. The second-order valence-electron chi connectivity index (χ2n) is 36.5. The van der Waals surface area contributed by atoms with Gasteiger partial charge in [-0.15, -0.1) is 136 Å². The van der Waals surface area contributed by atoms with Crippen LogP contribution in [0.15, 0.2) is 146 Å². The summed E-state index contributed by atoms with van der Waals surface area (Å²) in [5.74, 6) is 0. The van der Waals surface area contributed by atoms with E-state index in [2.05, 4.69) is 235 Å². The van der Waals surface area contributed by atoms with Crippen molar-refractivity contribution in [2.75, 3.05) is 0 Å². The van der Waals surface area contributed by atoms with Crippen molar-refractivity contribution in [2.24, 2.45) is 0 Å². The normalized spacial score (nSPS) is 12.2. The third-order valence-electron chi connectivity index (χ3n) is 26.1. The zero-order chi connectivity index (χ0) is 90.5. The first-order valence-electron chi connectivity index (χ1n) is 50.5. The quantitative estimate of drug-likeness (QED) is 0.0373. The van der Waals surface area contributed by atoms with Gasteiger partial charge in [0.15, 0.2) is 0 Å². The Balaban J connectivity index is 0.946. The van der Waals surface area contributed by atoms with Crippen LogP contribution in [0, 0.1) is 0 Å². The van der Waals surface area contributed by atoms with Gasteiger partial charge in [0.2, 0.25) is 0 Å². The second-order valence-corrected chi connectivity index (χ2v) is 50.1. The third kappa shape index (κ3) is 23.9. The van der Waals surface area contributed by atoms with Gasteiger partial charge in [0.05, 0.1) is 42.3 Å². The van der Waals surface area contributed by atoms with Gasteiger partial charge in [-0.1, -0.05) is 209 Å². The standard InChI is InChI=1S/C116H134N4S12/c1-9-17-25-33-41-77-49-65-97(121-77)85-73-105(129-113(85)101-69-53-81(125-101)45-37-29-21-13-5)109-89-57-59-91(117-89)110(106-74-86(98-66-50-78(122-98)42-34-26-18-10-2)114(130-106)102-70-54-82(126-102)46-38-30-22-14-6)93-61-63-95(119-93)112(108-76-88(100-68-52-80(124-100)44-36-28-20-12-4)116(132-108)104-72-56-84(128-104)48-40-32-24-16-8)96-64-62-94(120-96)111(92-60-58-90(109)118-92)107-75-87(99-67-51-79(123-99)43-35-27-19-11-3)115(131-107)103-71-55-83(127-103)47-39-31-23-15-7/h49-76,117,120H,9-48H2,1-8H3. The van der Waals surface area contributed by atoms with E-state index in [1.54, 1.807) is 0 Å². The summed E-state index contributed by atoms with van der Waals surface area (Å²) in [7, 11) is 0. The van der Waals surface area contributed by atoms with Gasteiger partial charge in [-0.05, 0) is 273 Å². The number of aryl methyl sites for hydroxylation is 8. The molecular weight excluding hydrogens is 1830 g/mol. The molecule has 0 saturated carbocycles. The molecule has 2 aliphatic rings. The van der Waals surface area contributed by atoms with Crippen molar-refractivity contribution in [3.05, 3.63) is 207 Å². The zero-order valence-electron chi connectivity index (χ0n) is 79.2. The predicted molar refractivity (Wildman–Crippen MR) is 601 cm³/mol. The lowest BCUT2D eigenvalue weighted by Crippen LogP contribution is -1.87. The number of nitrogens with one attached hydrogen (secondary N) is 2. The van der Waals surface area contributed by atoms with Gasteiger partial charge in [0.1, 0.15) is 0 Å². The molecule has 17 rings (SSSR count). The molecule has 15 aromatic rings. The first kappa shape index (κ1) is 96.7. The molecule has 4 nitrogen and oxygen atoms in total. The van der Waals surface area contributed by atoms with Crippen LogP contribution in [-0.4, -0.2) is 19.9 Å². The molecule has 0 fully saturated rings. The van der Waals surface area contributed by atoms with Crippen molar-refractivity contribution in [3.63, 3.8) is 0 Å². The van der Waals surface area contributed by atoms with E-state index < -0.39 is 0 Å². The number of hydrogen-bond acceptors (Lipinski definition) is 14. The number of aromatic amines is 2. The highest BCUT2D eigenvalue weighted by atomic mass is 32.1. The van der Waals surface area contributed by atoms with Crippen LogP contribution in [0.2, 0.25) is 0 Å². The van der Waals surface area contributed by atoms with Crippen molar-refractivity contribution >= 4 is 182 Å². The Morgan fingerprint density at radius 1 is 0.182 bits per heavy atom. The van der Waals surface area contributed by atoms with E-state index in [4.69, 9.17) is 9.97 Å². The molecule has 0 radical (unpaired) electrons. The zero-order valence-corrected chi connectivity index (χ0v) is 89.0. The fourth-order valence-corrected chi connectivity index (χ4v) is 32.9. The Labute approximate surface area is 836 Å². The van der Waals surface area contributed by atoms with Crippen LogP contribution in [0.5, 0.6) is 0 Å². The summed E-state index contributed by atoms with van der Waals surface area (Å²) in [5, 5.41) is 0. The molecule has 8 bridgehead atoms.